The van der Waals surface area contributed by atoms with Gasteiger partial charge >= 0.3 is 5.97 Å². The molecule has 1 N–H and O–H groups in total. The maximum atomic E-state index is 11.4. The highest BCUT2D eigenvalue weighted by Gasteiger charge is 2.21. The average Bonchev–Trinajstić information content (AvgIpc) is 2.42. The van der Waals surface area contributed by atoms with Gasteiger partial charge in [-0.1, -0.05) is 65.3 Å². The number of halogens is 2. The van der Waals surface area contributed by atoms with E-state index >= 15 is 0 Å². The van der Waals surface area contributed by atoms with Crippen molar-refractivity contribution in [3.05, 3.63) is 58.2 Å². The van der Waals surface area contributed by atoms with Crippen LogP contribution < -0.4 is 0 Å². The number of carbonyl (C=O) groups is 1. The Labute approximate surface area is 130 Å². The molecule has 6 heteroatoms. The highest BCUT2D eigenvalue weighted by atomic mass is 35.5. The van der Waals surface area contributed by atoms with Gasteiger partial charge in [-0.2, -0.15) is 0 Å². The molecule has 0 radical (unpaired) electrons. The lowest BCUT2D eigenvalue weighted by atomic mass is 10.1. The summed E-state index contributed by atoms with van der Waals surface area (Å²) in [5, 5.41) is 9.93. The second-order valence-corrected chi connectivity index (χ2v) is 6.11. The van der Waals surface area contributed by atoms with Gasteiger partial charge in [0.2, 0.25) is 0 Å². The number of hydrogen-bond donors (Lipinski definition) is 1. The van der Waals surface area contributed by atoms with Gasteiger partial charge in [-0.15, -0.1) is 0 Å². The van der Waals surface area contributed by atoms with Gasteiger partial charge in [-0.25, -0.2) is 4.98 Å². The number of thioether (sulfide) groups is 1. The molecule has 0 spiro atoms. The van der Waals surface area contributed by atoms with Crippen LogP contribution in [0, 0.1) is 0 Å². The lowest BCUT2D eigenvalue weighted by Gasteiger charge is -2.12. The third kappa shape index (κ3) is 4.13. The monoisotopic (exact) mass is 327 g/mol. The van der Waals surface area contributed by atoms with Gasteiger partial charge in [-0.05, 0) is 18.1 Å². The van der Waals surface area contributed by atoms with E-state index in [-0.39, 0.29) is 0 Å². The number of aromatic nitrogens is 1. The van der Waals surface area contributed by atoms with Gasteiger partial charge in [0.1, 0.15) is 10.3 Å². The fraction of sp³-hybridized carbons (Fsp3) is 0.143. The second-order valence-electron chi connectivity index (χ2n) is 4.07. The molecule has 0 saturated carbocycles. The molecule has 1 aromatic carbocycles. The van der Waals surface area contributed by atoms with Crippen LogP contribution in [0.2, 0.25) is 10.0 Å². The molecule has 0 aliphatic rings. The molecular formula is C14H11Cl2NO2S. The van der Waals surface area contributed by atoms with E-state index in [1.807, 2.05) is 30.3 Å². The van der Waals surface area contributed by atoms with Crippen molar-refractivity contribution in [2.45, 2.75) is 16.7 Å². The lowest BCUT2D eigenvalue weighted by molar-refractivity contribution is -0.136. The number of hydrogen-bond acceptors (Lipinski definition) is 3. The van der Waals surface area contributed by atoms with Crippen molar-refractivity contribution in [2.24, 2.45) is 0 Å². The fourth-order valence-corrected chi connectivity index (χ4v) is 3.08. The molecule has 0 bridgehead atoms. The van der Waals surface area contributed by atoms with Crippen molar-refractivity contribution in [2.75, 3.05) is 0 Å². The van der Waals surface area contributed by atoms with Crippen LogP contribution in [0.5, 0.6) is 0 Å². The van der Waals surface area contributed by atoms with E-state index in [2.05, 4.69) is 4.98 Å². The summed E-state index contributed by atoms with van der Waals surface area (Å²) in [5.41, 5.74) is 0.956. The zero-order valence-electron chi connectivity index (χ0n) is 10.3. The first kappa shape index (κ1) is 15.2. The maximum absolute atomic E-state index is 11.4. The summed E-state index contributed by atoms with van der Waals surface area (Å²) in [5.74, 6) is -0.897. The van der Waals surface area contributed by atoms with Crippen LogP contribution in [0.25, 0.3) is 0 Å². The first-order chi connectivity index (χ1) is 9.56. The number of carboxylic acid groups (broad SMARTS) is 1. The highest BCUT2D eigenvalue weighted by molar-refractivity contribution is 8.00. The Morgan fingerprint density at radius 2 is 2.00 bits per heavy atom. The Balaban J connectivity index is 2.15. The van der Waals surface area contributed by atoms with E-state index in [0.717, 1.165) is 17.3 Å². The van der Waals surface area contributed by atoms with Crippen LogP contribution in [0.3, 0.4) is 0 Å². The van der Waals surface area contributed by atoms with Crippen molar-refractivity contribution < 1.29 is 9.90 Å². The number of aliphatic carboxylic acids is 1. The normalized spacial score (nSPS) is 12.1. The minimum Gasteiger partial charge on any atom is -0.480 e. The molecule has 0 amide bonds. The Morgan fingerprint density at radius 1 is 1.30 bits per heavy atom. The summed E-state index contributed by atoms with van der Waals surface area (Å²) in [6.07, 6.45) is 1.86. The van der Waals surface area contributed by atoms with Crippen LogP contribution in [-0.4, -0.2) is 21.3 Å². The maximum Gasteiger partial charge on any atom is 0.317 e. The highest BCUT2D eigenvalue weighted by Crippen LogP contribution is 2.31. The van der Waals surface area contributed by atoms with Gasteiger partial charge in [0.15, 0.2) is 0 Å². The van der Waals surface area contributed by atoms with Gasteiger partial charge < -0.3 is 5.11 Å². The zero-order valence-corrected chi connectivity index (χ0v) is 12.6. The molecule has 0 aliphatic carbocycles. The van der Waals surface area contributed by atoms with Gasteiger partial charge in [-0.3, -0.25) is 4.79 Å². The molecule has 0 saturated heterocycles. The smallest absolute Gasteiger partial charge is 0.317 e. The van der Waals surface area contributed by atoms with E-state index < -0.39 is 11.2 Å². The molecule has 104 valence electrons. The van der Waals surface area contributed by atoms with Crippen molar-refractivity contribution in [3.8, 4) is 0 Å². The topological polar surface area (TPSA) is 50.2 Å². The number of rotatable bonds is 5. The van der Waals surface area contributed by atoms with Crippen LogP contribution >= 0.6 is 35.0 Å². The first-order valence-electron chi connectivity index (χ1n) is 5.80. The molecule has 0 fully saturated rings. The Bertz CT molecular complexity index is 607. The Kier molecular flexibility index (Phi) is 5.29. The van der Waals surface area contributed by atoms with Gasteiger partial charge in [0.25, 0.3) is 0 Å². The third-order valence-corrected chi connectivity index (χ3v) is 4.38. The van der Waals surface area contributed by atoms with Crippen LogP contribution in [0.15, 0.2) is 47.6 Å². The van der Waals surface area contributed by atoms with Crippen LogP contribution in [0.1, 0.15) is 5.56 Å². The van der Waals surface area contributed by atoms with Crippen LogP contribution in [-0.2, 0) is 11.2 Å². The molecule has 1 aromatic heterocycles. The molecular weight excluding hydrogens is 317 g/mol. The number of nitrogens with zero attached hydrogens (tertiary/aromatic N) is 1. The molecule has 3 nitrogen and oxygen atoms in total. The van der Waals surface area contributed by atoms with Crippen molar-refractivity contribution in [1.29, 1.82) is 0 Å². The Hall–Kier alpha value is -1.23. The van der Waals surface area contributed by atoms with Crippen molar-refractivity contribution >= 4 is 40.9 Å². The average molecular weight is 328 g/mol. The van der Waals surface area contributed by atoms with E-state index in [1.54, 1.807) is 6.07 Å². The van der Waals surface area contributed by atoms with Crippen LogP contribution in [0.4, 0.5) is 0 Å². The Morgan fingerprint density at radius 3 is 2.60 bits per heavy atom. The number of pyridine rings is 1. The zero-order chi connectivity index (χ0) is 14.5. The summed E-state index contributed by atoms with van der Waals surface area (Å²) in [7, 11) is 0. The summed E-state index contributed by atoms with van der Waals surface area (Å²) in [6, 6.07) is 11.0. The SMILES string of the molecule is O=C(O)C(Cc1ccccc1)Sc1ncc(Cl)cc1Cl. The number of carboxylic acids is 1. The summed E-state index contributed by atoms with van der Waals surface area (Å²) >= 11 is 12.9. The number of benzene rings is 1. The largest absolute Gasteiger partial charge is 0.480 e. The van der Waals surface area contributed by atoms with Crippen molar-refractivity contribution in [3.63, 3.8) is 0 Å². The quantitative estimate of drug-likeness (QED) is 0.837. The predicted octanol–water partition coefficient (Wildman–Crippen LogP) is 4.18. The van der Waals surface area contributed by atoms with E-state index in [1.165, 1.54) is 6.20 Å². The summed E-state index contributed by atoms with van der Waals surface area (Å²) in [6.45, 7) is 0. The molecule has 2 aromatic rings. The van der Waals surface area contributed by atoms with Gasteiger partial charge in [0, 0.05) is 6.20 Å². The molecule has 0 aliphatic heterocycles. The van der Waals surface area contributed by atoms with E-state index in [9.17, 15) is 9.90 Å². The molecule has 1 heterocycles. The first-order valence-corrected chi connectivity index (χ1v) is 7.44. The molecule has 20 heavy (non-hydrogen) atoms. The minimum atomic E-state index is -0.897. The van der Waals surface area contributed by atoms with E-state index in [4.69, 9.17) is 23.2 Å². The van der Waals surface area contributed by atoms with E-state index in [0.29, 0.717) is 21.5 Å². The standard InChI is InChI=1S/C14H11Cl2NO2S/c15-10-7-11(16)13(17-8-10)20-12(14(18)19)6-9-4-2-1-3-5-9/h1-5,7-8,12H,6H2,(H,18,19). The third-order valence-electron chi connectivity index (χ3n) is 2.57. The predicted molar refractivity (Wildman–Crippen MR) is 81.7 cm³/mol. The molecule has 1 atom stereocenters. The summed E-state index contributed by atoms with van der Waals surface area (Å²) in [4.78, 5) is 15.4. The second kappa shape index (κ2) is 6.97. The minimum absolute atomic E-state index is 0.363. The summed E-state index contributed by atoms with van der Waals surface area (Å²) < 4.78 is 0. The molecule has 2 rings (SSSR count). The lowest BCUT2D eigenvalue weighted by Crippen LogP contribution is -2.19. The fourth-order valence-electron chi connectivity index (χ4n) is 1.63. The molecule has 1 unspecified atom stereocenters. The van der Waals surface area contributed by atoms with Crippen molar-refractivity contribution in [1.82, 2.24) is 4.98 Å². The van der Waals surface area contributed by atoms with Gasteiger partial charge in [0.05, 0.1) is 10.0 Å².